The largest absolute Gasteiger partial charge is 0.443 e. The van der Waals surface area contributed by atoms with Gasteiger partial charge in [0.2, 0.25) is 0 Å². The Kier molecular flexibility index (Phi) is 3.83. The topological polar surface area (TPSA) is 63.8 Å². The Morgan fingerprint density at radius 3 is 2.63 bits per heavy atom. The third kappa shape index (κ3) is 2.91. The normalized spacial score (nSPS) is 13.5. The number of aryl methyl sites for hydroxylation is 1. The van der Waals surface area contributed by atoms with Crippen molar-refractivity contribution in [3.8, 4) is 0 Å². The summed E-state index contributed by atoms with van der Waals surface area (Å²) in [7, 11) is 0. The molecule has 102 valence electrons. The zero-order valence-electron chi connectivity index (χ0n) is 9.90. The van der Waals surface area contributed by atoms with Crippen LogP contribution in [0.4, 0.5) is 13.2 Å². The van der Waals surface area contributed by atoms with E-state index in [2.05, 4.69) is 15.4 Å². The van der Waals surface area contributed by atoms with Crippen LogP contribution in [0.3, 0.4) is 0 Å². The number of thiazole rings is 1. The molecule has 0 bridgehead atoms. The maximum absolute atomic E-state index is 12.5. The molecule has 0 amide bonds. The quantitative estimate of drug-likeness (QED) is 0.672. The fourth-order valence-corrected chi connectivity index (χ4v) is 2.49. The van der Waals surface area contributed by atoms with Crippen LogP contribution in [0.1, 0.15) is 27.2 Å². The highest BCUT2D eigenvalue weighted by Gasteiger charge is 2.35. The Balaban J connectivity index is 2.38. The van der Waals surface area contributed by atoms with E-state index in [0.717, 1.165) is 5.56 Å². The van der Waals surface area contributed by atoms with E-state index in [1.807, 2.05) is 13.0 Å². The first-order chi connectivity index (χ1) is 8.93. The third-order valence-electron chi connectivity index (χ3n) is 2.54. The molecule has 1 atom stereocenters. The van der Waals surface area contributed by atoms with E-state index < -0.39 is 17.2 Å². The predicted molar refractivity (Wildman–Crippen MR) is 65.3 cm³/mol. The summed E-state index contributed by atoms with van der Waals surface area (Å²) < 4.78 is 37.6. The summed E-state index contributed by atoms with van der Waals surface area (Å²) in [4.78, 5) is 7.91. The lowest BCUT2D eigenvalue weighted by Crippen LogP contribution is -2.29. The van der Waals surface area contributed by atoms with Gasteiger partial charge in [-0.05, 0) is 18.6 Å². The van der Waals surface area contributed by atoms with E-state index in [1.165, 1.54) is 6.20 Å². The van der Waals surface area contributed by atoms with Crippen molar-refractivity contribution in [2.75, 3.05) is 0 Å². The maximum Gasteiger partial charge on any atom is 0.443 e. The number of nitrogens with two attached hydrogens (primary N) is 1. The number of hydrazine groups is 1. The van der Waals surface area contributed by atoms with Gasteiger partial charge < -0.3 is 0 Å². The van der Waals surface area contributed by atoms with Crippen molar-refractivity contribution in [1.82, 2.24) is 15.4 Å². The van der Waals surface area contributed by atoms with Crippen LogP contribution in [0.2, 0.25) is 0 Å². The highest BCUT2D eigenvalue weighted by atomic mass is 32.1. The van der Waals surface area contributed by atoms with Gasteiger partial charge in [-0.3, -0.25) is 10.8 Å². The number of aromatic nitrogens is 2. The zero-order valence-corrected chi connectivity index (χ0v) is 10.7. The van der Waals surface area contributed by atoms with Crippen molar-refractivity contribution >= 4 is 11.3 Å². The minimum absolute atomic E-state index is 0.372. The van der Waals surface area contributed by atoms with Crippen LogP contribution in [0.25, 0.3) is 0 Å². The molecule has 0 saturated heterocycles. The second-order valence-corrected chi connectivity index (χ2v) is 4.93. The van der Waals surface area contributed by atoms with E-state index in [9.17, 15) is 13.2 Å². The summed E-state index contributed by atoms with van der Waals surface area (Å²) in [5.41, 5.74) is 3.91. The van der Waals surface area contributed by atoms with Gasteiger partial charge in [-0.15, -0.1) is 11.3 Å². The highest BCUT2D eigenvalue weighted by Crippen LogP contribution is 2.35. The molecule has 3 N–H and O–H groups in total. The van der Waals surface area contributed by atoms with Gasteiger partial charge in [-0.2, -0.15) is 13.2 Å². The van der Waals surface area contributed by atoms with Gasteiger partial charge in [-0.25, -0.2) is 10.4 Å². The lowest BCUT2D eigenvalue weighted by atomic mass is 10.1. The molecule has 0 aliphatic heterocycles. The first-order valence-electron chi connectivity index (χ1n) is 5.34. The molecule has 1 unspecified atom stereocenters. The van der Waals surface area contributed by atoms with Crippen LogP contribution in [-0.4, -0.2) is 9.97 Å². The molecule has 0 radical (unpaired) electrons. The summed E-state index contributed by atoms with van der Waals surface area (Å²) in [5, 5.41) is -0.892. The second kappa shape index (κ2) is 5.24. The van der Waals surface area contributed by atoms with Crippen LogP contribution in [-0.2, 0) is 6.18 Å². The number of hydrogen-bond acceptors (Lipinski definition) is 5. The van der Waals surface area contributed by atoms with Gasteiger partial charge in [-0.1, -0.05) is 6.07 Å². The van der Waals surface area contributed by atoms with Gasteiger partial charge >= 0.3 is 6.18 Å². The van der Waals surface area contributed by atoms with E-state index in [4.69, 9.17) is 5.84 Å². The molecule has 4 nitrogen and oxygen atoms in total. The summed E-state index contributed by atoms with van der Waals surface area (Å²) in [6, 6.07) is 2.97. The molecule has 8 heteroatoms. The SMILES string of the molecule is Cc1cccnc1C(NN)c1cnc(C(F)(F)F)s1. The Morgan fingerprint density at radius 2 is 2.11 bits per heavy atom. The fraction of sp³-hybridized carbons (Fsp3) is 0.273. The molecule has 0 saturated carbocycles. The molecule has 2 aromatic heterocycles. The van der Waals surface area contributed by atoms with Crippen LogP contribution >= 0.6 is 11.3 Å². The number of nitrogens with zero attached hydrogens (tertiary/aromatic N) is 2. The molecular formula is C11H11F3N4S. The summed E-state index contributed by atoms with van der Waals surface area (Å²) in [6.07, 6.45) is -1.70. The van der Waals surface area contributed by atoms with Crippen molar-refractivity contribution in [2.24, 2.45) is 5.84 Å². The standard InChI is InChI=1S/C11H11F3N4S/c1-6-3-2-4-16-8(6)9(18-15)7-5-17-10(19-7)11(12,13)14/h2-5,9,18H,15H2,1H3. The molecule has 0 spiro atoms. The van der Waals surface area contributed by atoms with Crippen molar-refractivity contribution in [3.63, 3.8) is 0 Å². The summed E-state index contributed by atoms with van der Waals surface area (Å²) in [6.45, 7) is 1.82. The van der Waals surface area contributed by atoms with Gasteiger partial charge in [0.25, 0.3) is 0 Å². The Bertz CT molecular complexity index is 567. The molecule has 2 heterocycles. The Labute approximate surface area is 111 Å². The van der Waals surface area contributed by atoms with Crippen molar-refractivity contribution in [3.05, 3.63) is 45.7 Å². The van der Waals surface area contributed by atoms with Crippen LogP contribution in [0.15, 0.2) is 24.5 Å². The first kappa shape index (κ1) is 13.9. The summed E-state index contributed by atoms with van der Waals surface area (Å²) in [5.74, 6) is 5.43. The van der Waals surface area contributed by atoms with Crippen molar-refractivity contribution in [1.29, 1.82) is 0 Å². The molecule has 0 aliphatic rings. The molecule has 0 fully saturated rings. The highest BCUT2D eigenvalue weighted by molar-refractivity contribution is 7.11. The van der Waals surface area contributed by atoms with Crippen molar-refractivity contribution in [2.45, 2.75) is 19.1 Å². The number of nitrogens with one attached hydrogen (secondary N) is 1. The average molecular weight is 288 g/mol. The number of pyridine rings is 1. The number of hydrogen-bond donors (Lipinski definition) is 2. The smallest absolute Gasteiger partial charge is 0.270 e. The lowest BCUT2D eigenvalue weighted by Gasteiger charge is -2.15. The van der Waals surface area contributed by atoms with E-state index in [0.29, 0.717) is 21.9 Å². The predicted octanol–water partition coefficient (Wildman–Crippen LogP) is 2.42. The van der Waals surface area contributed by atoms with Crippen LogP contribution in [0, 0.1) is 6.92 Å². The van der Waals surface area contributed by atoms with Gasteiger partial charge in [0.15, 0.2) is 5.01 Å². The van der Waals surface area contributed by atoms with Gasteiger partial charge in [0, 0.05) is 17.3 Å². The van der Waals surface area contributed by atoms with Crippen LogP contribution < -0.4 is 11.3 Å². The van der Waals surface area contributed by atoms with Crippen LogP contribution in [0.5, 0.6) is 0 Å². The van der Waals surface area contributed by atoms with E-state index >= 15 is 0 Å². The summed E-state index contributed by atoms with van der Waals surface area (Å²) >= 11 is 0.557. The Hall–Kier alpha value is -1.51. The van der Waals surface area contributed by atoms with Crippen molar-refractivity contribution < 1.29 is 13.2 Å². The molecule has 2 rings (SSSR count). The minimum Gasteiger partial charge on any atom is -0.270 e. The first-order valence-corrected chi connectivity index (χ1v) is 6.15. The molecule has 19 heavy (non-hydrogen) atoms. The average Bonchev–Trinajstić information content (AvgIpc) is 2.82. The third-order valence-corrected chi connectivity index (χ3v) is 3.65. The maximum atomic E-state index is 12.5. The molecular weight excluding hydrogens is 277 g/mol. The van der Waals surface area contributed by atoms with Gasteiger partial charge in [0.1, 0.15) is 0 Å². The van der Waals surface area contributed by atoms with E-state index in [1.54, 1.807) is 12.3 Å². The number of halogens is 3. The molecule has 0 aliphatic carbocycles. The van der Waals surface area contributed by atoms with Gasteiger partial charge in [0.05, 0.1) is 11.7 Å². The fourth-order valence-electron chi connectivity index (χ4n) is 1.65. The zero-order chi connectivity index (χ0) is 14.0. The monoisotopic (exact) mass is 288 g/mol. The number of alkyl halides is 3. The Morgan fingerprint density at radius 1 is 1.37 bits per heavy atom. The minimum atomic E-state index is -4.44. The molecule has 2 aromatic rings. The van der Waals surface area contributed by atoms with E-state index in [-0.39, 0.29) is 0 Å². The number of rotatable bonds is 3. The molecule has 0 aromatic carbocycles. The lowest BCUT2D eigenvalue weighted by molar-refractivity contribution is -0.137. The second-order valence-electron chi connectivity index (χ2n) is 3.87.